The van der Waals surface area contributed by atoms with E-state index in [1.165, 1.54) is 17.0 Å². The minimum atomic E-state index is -0.459. The van der Waals surface area contributed by atoms with Gasteiger partial charge in [-0.25, -0.2) is 0 Å². The van der Waals surface area contributed by atoms with Crippen molar-refractivity contribution in [3.8, 4) is 0 Å². The van der Waals surface area contributed by atoms with Crippen molar-refractivity contribution < 1.29 is 14.5 Å². The molecule has 0 spiro atoms. The molecule has 0 unspecified atom stereocenters. The molecule has 0 heterocycles. The number of benzene rings is 2. The van der Waals surface area contributed by atoms with Gasteiger partial charge in [0.1, 0.15) is 0 Å². The Bertz CT molecular complexity index is 823. The molecule has 7 heteroatoms. The molecule has 0 bridgehead atoms. The summed E-state index contributed by atoms with van der Waals surface area (Å²) < 4.78 is 0. The second kappa shape index (κ2) is 8.93. The third kappa shape index (κ3) is 5.37. The molecule has 2 rings (SSSR count). The molecule has 142 valence electrons. The maximum atomic E-state index is 12.5. The van der Waals surface area contributed by atoms with Crippen LogP contribution in [-0.4, -0.2) is 34.7 Å². The fourth-order valence-electron chi connectivity index (χ4n) is 2.69. The SMILES string of the molecule is C[C@H](CC(=O)N(C)[C@H](C)c1cccc([N+](=O)[O-])c1)NC(=O)c1ccccc1. The van der Waals surface area contributed by atoms with Crippen molar-refractivity contribution >= 4 is 17.5 Å². The van der Waals surface area contributed by atoms with Gasteiger partial charge in [-0.3, -0.25) is 19.7 Å². The van der Waals surface area contributed by atoms with Gasteiger partial charge < -0.3 is 10.2 Å². The molecule has 2 aromatic rings. The monoisotopic (exact) mass is 369 g/mol. The second-order valence-electron chi connectivity index (χ2n) is 6.48. The van der Waals surface area contributed by atoms with E-state index in [0.29, 0.717) is 11.1 Å². The van der Waals surface area contributed by atoms with E-state index in [1.54, 1.807) is 50.4 Å². The van der Waals surface area contributed by atoms with Crippen LogP contribution in [0.1, 0.15) is 42.2 Å². The molecule has 2 atom stereocenters. The summed E-state index contributed by atoms with van der Waals surface area (Å²) in [5, 5.41) is 13.7. The lowest BCUT2D eigenvalue weighted by Gasteiger charge is -2.26. The van der Waals surface area contributed by atoms with E-state index in [4.69, 9.17) is 0 Å². The number of non-ortho nitro benzene ring substituents is 1. The number of rotatable bonds is 7. The van der Waals surface area contributed by atoms with Gasteiger partial charge in [0.2, 0.25) is 5.91 Å². The van der Waals surface area contributed by atoms with Gasteiger partial charge in [-0.15, -0.1) is 0 Å². The zero-order valence-corrected chi connectivity index (χ0v) is 15.6. The Hall–Kier alpha value is -3.22. The maximum Gasteiger partial charge on any atom is 0.269 e. The van der Waals surface area contributed by atoms with Gasteiger partial charge in [0.05, 0.1) is 11.0 Å². The number of nitrogens with one attached hydrogen (secondary N) is 1. The molecule has 2 aromatic carbocycles. The van der Waals surface area contributed by atoms with Crippen molar-refractivity contribution in [3.05, 3.63) is 75.8 Å². The van der Waals surface area contributed by atoms with Gasteiger partial charge >= 0.3 is 0 Å². The molecular weight excluding hydrogens is 346 g/mol. The molecule has 0 saturated heterocycles. The number of carbonyl (C=O) groups excluding carboxylic acids is 2. The second-order valence-corrected chi connectivity index (χ2v) is 6.48. The quantitative estimate of drug-likeness (QED) is 0.598. The van der Waals surface area contributed by atoms with E-state index in [9.17, 15) is 19.7 Å². The summed E-state index contributed by atoms with van der Waals surface area (Å²) in [6, 6.07) is 14.4. The Kier molecular flexibility index (Phi) is 6.65. The molecule has 0 aliphatic carbocycles. The zero-order chi connectivity index (χ0) is 20.0. The lowest BCUT2D eigenvalue weighted by atomic mass is 10.1. The predicted octanol–water partition coefficient (Wildman–Crippen LogP) is 3.32. The van der Waals surface area contributed by atoms with Crippen molar-refractivity contribution in [1.29, 1.82) is 0 Å². The number of hydrogen-bond acceptors (Lipinski definition) is 4. The van der Waals surface area contributed by atoms with Gasteiger partial charge in [-0.2, -0.15) is 0 Å². The number of nitrogens with zero attached hydrogens (tertiary/aromatic N) is 2. The first-order valence-corrected chi connectivity index (χ1v) is 8.65. The van der Waals surface area contributed by atoms with Crippen LogP contribution in [0.5, 0.6) is 0 Å². The van der Waals surface area contributed by atoms with Crippen LogP contribution in [0.15, 0.2) is 54.6 Å². The van der Waals surface area contributed by atoms with Crippen LogP contribution in [0.3, 0.4) is 0 Å². The van der Waals surface area contributed by atoms with E-state index in [-0.39, 0.29) is 36.0 Å². The normalized spacial score (nSPS) is 12.7. The molecule has 0 aliphatic heterocycles. The Morgan fingerprint density at radius 3 is 2.41 bits per heavy atom. The number of nitro benzene ring substituents is 1. The molecule has 7 nitrogen and oxygen atoms in total. The van der Waals surface area contributed by atoms with E-state index < -0.39 is 4.92 Å². The van der Waals surface area contributed by atoms with Crippen molar-refractivity contribution in [2.75, 3.05) is 7.05 Å². The fraction of sp³-hybridized carbons (Fsp3) is 0.300. The van der Waals surface area contributed by atoms with Gasteiger partial charge in [-0.05, 0) is 31.5 Å². The summed E-state index contributed by atoms with van der Waals surface area (Å²) in [5.74, 6) is -0.389. The molecule has 27 heavy (non-hydrogen) atoms. The van der Waals surface area contributed by atoms with Gasteiger partial charge in [0, 0.05) is 37.2 Å². The summed E-state index contributed by atoms with van der Waals surface area (Å²) in [5.41, 5.74) is 1.21. The molecule has 0 radical (unpaired) electrons. The number of nitro groups is 1. The van der Waals surface area contributed by atoms with Gasteiger partial charge in [0.15, 0.2) is 0 Å². The highest BCUT2D eigenvalue weighted by Crippen LogP contribution is 2.23. The summed E-state index contributed by atoms with van der Waals surface area (Å²) in [7, 11) is 1.65. The highest BCUT2D eigenvalue weighted by Gasteiger charge is 2.21. The van der Waals surface area contributed by atoms with Gasteiger partial charge in [-0.1, -0.05) is 30.3 Å². The fourth-order valence-corrected chi connectivity index (χ4v) is 2.69. The van der Waals surface area contributed by atoms with E-state index in [0.717, 1.165) is 0 Å². The van der Waals surface area contributed by atoms with Crippen LogP contribution >= 0.6 is 0 Å². The molecule has 0 fully saturated rings. The average molecular weight is 369 g/mol. The lowest BCUT2D eigenvalue weighted by molar-refractivity contribution is -0.384. The van der Waals surface area contributed by atoms with Crippen LogP contribution in [0.25, 0.3) is 0 Å². The van der Waals surface area contributed by atoms with Crippen LogP contribution in [0.2, 0.25) is 0 Å². The molecular formula is C20H23N3O4. The van der Waals surface area contributed by atoms with Crippen LogP contribution < -0.4 is 5.32 Å². The van der Waals surface area contributed by atoms with E-state index >= 15 is 0 Å². The first kappa shape index (κ1) is 20.1. The highest BCUT2D eigenvalue weighted by molar-refractivity contribution is 5.94. The number of carbonyl (C=O) groups is 2. The summed E-state index contributed by atoms with van der Waals surface area (Å²) in [4.78, 5) is 36.7. The first-order valence-electron chi connectivity index (χ1n) is 8.65. The van der Waals surface area contributed by atoms with Crippen molar-refractivity contribution in [2.45, 2.75) is 32.4 Å². The van der Waals surface area contributed by atoms with E-state index in [2.05, 4.69) is 5.32 Å². The highest BCUT2D eigenvalue weighted by atomic mass is 16.6. The summed E-state index contributed by atoms with van der Waals surface area (Å²) in [6.45, 7) is 3.58. The first-order chi connectivity index (χ1) is 12.8. The van der Waals surface area contributed by atoms with E-state index in [1.807, 2.05) is 13.0 Å². The van der Waals surface area contributed by atoms with Crippen molar-refractivity contribution in [3.63, 3.8) is 0 Å². The minimum Gasteiger partial charge on any atom is -0.349 e. The topological polar surface area (TPSA) is 92.6 Å². The minimum absolute atomic E-state index is 0.0105. The zero-order valence-electron chi connectivity index (χ0n) is 15.6. The molecule has 2 amide bonds. The number of hydrogen-bond donors (Lipinski definition) is 1. The Morgan fingerprint density at radius 2 is 1.78 bits per heavy atom. The van der Waals surface area contributed by atoms with Crippen LogP contribution in [0.4, 0.5) is 5.69 Å². The largest absolute Gasteiger partial charge is 0.349 e. The molecule has 1 N–H and O–H groups in total. The lowest BCUT2D eigenvalue weighted by Crippen LogP contribution is -2.38. The Labute approximate surface area is 158 Å². The van der Waals surface area contributed by atoms with Crippen LogP contribution in [-0.2, 0) is 4.79 Å². The molecule has 0 aliphatic rings. The Balaban J connectivity index is 1.97. The van der Waals surface area contributed by atoms with Gasteiger partial charge in [0.25, 0.3) is 11.6 Å². The summed E-state index contributed by atoms with van der Waals surface area (Å²) >= 11 is 0. The third-order valence-corrected chi connectivity index (χ3v) is 4.43. The summed E-state index contributed by atoms with van der Waals surface area (Å²) in [6.07, 6.45) is 0.133. The predicted molar refractivity (Wildman–Crippen MR) is 102 cm³/mol. The molecule has 0 saturated carbocycles. The van der Waals surface area contributed by atoms with Crippen molar-refractivity contribution in [2.24, 2.45) is 0 Å². The number of amides is 2. The molecule has 0 aromatic heterocycles. The van der Waals surface area contributed by atoms with Crippen molar-refractivity contribution in [1.82, 2.24) is 10.2 Å². The maximum absolute atomic E-state index is 12.5. The Morgan fingerprint density at radius 1 is 1.11 bits per heavy atom. The average Bonchev–Trinajstić information content (AvgIpc) is 2.67. The standard InChI is InChI=1S/C20H23N3O4/c1-14(21-20(25)16-8-5-4-6-9-16)12-19(24)22(3)15(2)17-10-7-11-18(13-17)23(26)27/h4-11,13-15H,12H2,1-3H3,(H,21,25)/t14-,15-/m1/s1. The smallest absolute Gasteiger partial charge is 0.269 e. The van der Waals surface area contributed by atoms with Crippen LogP contribution in [0, 0.1) is 10.1 Å². The third-order valence-electron chi connectivity index (χ3n) is 4.43.